The van der Waals surface area contributed by atoms with E-state index in [1.54, 1.807) is 36.2 Å². The Labute approximate surface area is 449 Å². The van der Waals surface area contributed by atoms with Crippen molar-refractivity contribution < 1.29 is 36.7 Å². The van der Waals surface area contributed by atoms with Crippen LogP contribution in [0.2, 0.25) is 0 Å². The van der Waals surface area contributed by atoms with Gasteiger partial charge in [0, 0.05) is 49.1 Å². The van der Waals surface area contributed by atoms with E-state index >= 15 is 17.6 Å². The second kappa shape index (κ2) is 22.0. The number of alkyl halides is 2. The monoisotopic (exact) mass is 1060 g/mol. The SMILES string of the molecule is Cc1ccc2c(CC(=O)N3C[C@H](F)C[C@H]3C(=O)N[C@@H](c3ccccc3)c3ccc(C4CC4Nc4nccc(N(C)CC(=O)N5C[C@H](F)C[C@H]5C(=O)N[C@@H](c5ccccc5)c5ccc(C6CC6)c(F)c5)n4)c(F)c3)cccc2n1. The molecule has 400 valence electrons. The number of carbonyl (C=O) groups excluding carboxylic acids is 4. The van der Waals surface area contributed by atoms with Crippen molar-refractivity contribution in [2.45, 2.75) is 99.8 Å². The molecule has 4 heterocycles. The Morgan fingerprint density at radius 2 is 1.24 bits per heavy atom. The lowest BCUT2D eigenvalue weighted by atomic mass is 9.96. The number of fused-ring (bicyclic) bond motifs is 1. The lowest BCUT2D eigenvalue weighted by Crippen LogP contribution is -2.49. The molecule has 2 unspecified atom stereocenters. The number of rotatable bonds is 17. The van der Waals surface area contributed by atoms with Crippen molar-refractivity contribution in [3.63, 3.8) is 0 Å². The van der Waals surface area contributed by atoms with E-state index in [1.165, 1.54) is 28.1 Å². The highest BCUT2D eigenvalue weighted by Crippen LogP contribution is 2.45. The number of hydrogen-bond acceptors (Lipinski definition) is 9. The maximum atomic E-state index is 16.3. The molecule has 4 amide bonds. The molecule has 4 aliphatic rings. The van der Waals surface area contributed by atoms with Gasteiger partial charge in [0.15, 0.2) is 0 Å². The van der Waals surface area contributed by atoms with E-state index in [0.717, 1.165) is 35.0 Å². The standard InChI is InChI=1S/C61H59F4N9O4/c1-35-16-21-45-39(14-9-15-50(45)67-35)28-55(75)73-32-42(62)29-52(73)59(77)70-58(38-12-7-4-8-13-38)41-20-23-46(49(65)27-41)47-31-51(47)68-61-66-25-24-54(69-61)72(2)34-56(76)74-33-43(63)30-53(74)60(78)71-57(37-10-5-3-6-11-37)40-19-22-44(36-17-18-36)48(64)26-40/h3-16,19-27,36,42-43,47,51-53,57-58H,17-18,28-34H2,1-2H3,(H,70,77)(H,71,78)(H,66,68,69)/t42-,43-,47?,51?,52+,53+,57+,58+/m1/s1. The van der Waals surface area contributed by atoms with Crippen LogP contribution in [-0.2, 0) is 25.6 Å². The van der Waals surface area contributed by atoms with Crippen LogP contribution in [0.25, 0.3) is 10.9 Å². The second-order valence-corrected chi connectivity index (χ2v) is 21.1. The van der Waals surface area contributed by atoms with Crippen molar-refractivity contribution in [3.05, 3.63) is 196 Å². The molecular formula is C61H59F4N9O4. The molecule has 2 saturated carbocycles. The van der Waals surface area contributed by atoms with Crippen molar-refractivity contribution >= 4 is 46.3 Å². The Hall–Kier alpha value is -8.21. The summed E-state index contributed by atoms with van der Waals surface area (Å²) < 4.78 is 61.9. The zero-order valence-electron chi connectivity index (χ0n) is 43.2. The first kappa shape index (κ1) is 51.9. The van der Waals surface area contributed by atoms with Gasteiger partial charge in [-0.2, -0.15) is 4.98 Å². The number of aryl methyl sites for hydroxylation is 1. The third-order valence-electron chi connectivity index (χ3n) is 15.5. The number of hydrogen-bond donors (Lipinski definition) is 3. The Morgan fingerprint density at radius 3 is 1.83 bits per heavy atom. The summed E-state index contributed by atoms with van der Waals surface area (Å²) in [5.41, 5.74) is 5.80. The number of nitrogens with zero attached hydrogens (tertiary/aromatic N) is 6. The number of likely N-dealkylation sites (N-methyl/N-ethyl adjacent to an activating group) is 1. The lowest BCUT2D eigenvalue weighted by molar-refractivity contribution is -0.138. The molecule has 5 aromatic carbocycles. The average molecular weight is 1060 g/mol. The summed E-state index contributed by atoms with van der Waals surface area (Å²) in [6.45, 7) is 1.17. The molecule has 2 aromatic heterocycles. The molecule has 78 heavy (non-hydrogen) atoms. The minimum Gasteiger partial charge on any atom is -0.351 e. The van der Waals surface area contributed by atoms with Gasteiger partial charge in [0.2, 0.25) is 29.6 Å². The molecule has 3 N–H and O–H groups in total. The van der Waals surface area contributed by atoms with Crippen LogP contribution in [0.4, 0.5) is 29.3 Å². The Balaban J connectivity index is 0.725. The van der Waals surface area contributed by atoms with Gasteiger partial charge in [-0.25, -0.2) is 22.5 Å². The van der Waals surface area contributed by atoms with Gasteiger partial charge in [-0.3, -0.25) is 24.2 Å². The Morgan fingerprint density at radius 1 is 0.654 bits per heavy atom. The van der Waals surface area contributed by atoms with E-state index in [4.69, 9.17) is 0 Å². The molecule has 8 atom stereocenters. The number of amides is 4. The first-order chi connectivity index (χ1) is 37.7. The van der Waals surface area contributed by atoms with Gasteiger partial charge < -0.3 is 30.7 Å². The van der Waals surface area contributed by atoms with E-state index in [-0.39, 0.29) is 74.4 Å². The summed E-state index contributed by atoms with van der Waals surface area (Å²) in [5, 5.41) is 10.1. The molecule has 17 heteroatoms. The van der Waals surface area contributed by atoms with Gasteiger partial charge in [0.25, 0.3) is 0 Å². The highest BCUT2D eigenvalue weighted by Gasteiger charge is 2.44. The zero-order valence-corrected chi connectivity index (χ0v) is 43.2. The quantitative estimate of drug-likeness (QED) is 0.0759. The molecule has 13 nitrogen and oxygen atoms in total. The van der Waals surface area contributed by atoms with E-state index < -0.39 is 60.0 Å². The maximum absolute atomic E-state index is 16.3. The van der Waals surface area contributed by atoms with E-state index in [9.17, 15) is 19.2 Å². The van der Waals surface area contributed by atoms with Gasteiger partial charge in [0.1, 0.15) is 41.9 Å². The molecule has 7 aromatic rings. The number of likely N-dealkylation sites (tertiary alicyclic amines) is 2. The van der Waals surface area contributed by atoms with Crippen LogP contribution in [0.3, 0.4) is 0 Å². The number of anilines is 2. The van der Waals surface area contributed by atoms with E-state index in [2.05, 4.69) is 30.9 Å². The van der Waals surface area contributed by atoms with Gasteiger partial charge in [-0.1, -0.05) is 103 Å². The third kappa shape index (κ3) is 11.3. The summed E-state index contributed by atoms with van der Waals surface area (Å²) in [5.74, 6) is -2.19. The Kier molecular flexibility index (Phi) is 14.7. The summed E-state index contributed by atoms with van der Waals surface area (Å²) in [7, 11) is 1.66. The fourth-order valence-corrected chi connectivity index (χ4v) is 11.2. The molecule has 2 saturated heterocycles. The summed E-state index contributed by atoms with van der Waals surface area (Å²) in [4.78, 5) is 73.7. The van der Waals surface area contributed by atoms with Crippen molar-refractivity contribution in [1.82, 2.24) is 35.4 Å². The molecule has 0 radical (unpaired) electrons. The largest absolute Gasteiger partial charge is 0.351 e. The smallest absolute Gasteiger partial charge is 0.243 e. The molecule has 4 fully saturated rings. The van der Waals surface area contributed by atoms with E-state index in [1.807, 2.05) is 104 Å². The van der Waals surface area contributed by atoms with Gasteiger partial charge in [0.05, 0.1) is 43.7 Å². The zero-order chi connectivity index (χ0) is 54.2. The number of pyridine rings is 1. The normalized spacial score (nSPS) is 21.5. The van der Waals surface area contributed by atoms with Crippen molar-refractivity contribution in [2.24, 2.45) is 0 Å². The molecular weight excluding hydrogens is 999 g/mol. The van der Waals surface area contributed by atoms with Crippen LogP contribution in [-0.4, -0.2) is 106 Å². The number of aromatic nitrogens is 3. The molecule has 0 spiro atoms. The first-order valence-corrected chi connectivity index (χ1v) is 26.6. The van der Waals surface area contributed by atoms with Crippen LogP contribution >= 0.6 is 0 Å². The first-order valence-electron chi connectivity index (χ1n) is 26.6. The van der Waals surface area contributed by atoms with Crippen molar-refractivity contribution in [3.8, 4) is 0 Å². The van der Waals surface area contributed by atoms with Crippen LogP contribution in [0, 0.1) is 18.6 Å². The van der Waals surface area contributed by atoms with Gasteiger partial charge in [-0.15, -0.1) is 0 Å². The summed E-state index contributed by atoms with van der Waals surface area (Å²) >= 11 is 0. The molecule has 0 bridgehead atoms. The number of nitrogens with one attached hydrogen (secondary N) is 3. The molecule has 2 aliphatic heterocycles. The lowest BCUT2D eigenvalue weighted by Gasteiger charge is -2.28. The fourth-order valence-electron chi connectivity index (χ4n) is 11.2. The fraction of sp³-hybridized carbons (Fsp3) is 0.328. The van der Waals surface area contributed by atoms with Crippen LogP contribution in [0.1, 0.15) is 101 Å². The molecule has 2 aliphatic carbocycles. The van der Waals surface area contributed by atoms with Crippen LogP contribution in [0.15, 0.2) is 140 Å². The average Bonchev–Trinajstić information content (AvgIpc) is 4.40. The predicted octanol–water partition coefficient (Wildman–Crippen LogP) is 9.13. The summed E-state index contributed by atoms with van der Waals surface area (Å²) in [6.07, 6.45) is 0.749. The number of halogens is 4. The second-order valence-electron chi connectivity index (χ2n) is 21.1. The van der Waals surface area contributed by atoms with Crippen LogP contribution in [0.5, 0.6) is 0 Å². The predicted molar refractivity (Wildman–Crippen MR) is 288 cm³/mol. The number of benzene rings is 5. The highest BCUT2D eigenvalue weighted by atomic mass is 19.1. The topological polar surface area (TPSA) is 153 Å². The van der Waals surface area contributed by atoms with Crippen LogP contribution < -0.4 is 20.9 Å². The van der Waals surface area contributed by atoms with Crippen molar-refractivity contribution in [2.75, 3.05) is 36.9 Å². The van der Waals surface area contributed by atoms with Crippen molar-refractivity contribution in [1.29, 1.82) is 0 Å². The van der Waals surface area contributed by atoms with Gasteiger partial charge >= 0.3 is 0 Å². The van der Waals surface area contributed by atoms with Gasteiger partial charge in [-0.05, 0) is 101 Å². The minimum atomic E-state index is -1.43. The summed E-state index contributed by atoms with van der Waals surface area (Å²) in [6, 6.07) is 35.1. The maximum Gasteiger partial charge on any atom is 0.243 e. The Bertz CT molecular complexity index is 3390. The minimum absolute atomic E-state index is 0.0368. The van der Waals surface area contributed by atoms with E-state index in [0.29, 0.717) is 45.6 Å². The molecule has 11 rings (SSSR count). The highest BCUT2D eigenvalue weighted by molar-refractivity contribution is 5.93. The number of carbonyl (C=O) groups is 4. The third-order valence-corrected chi connectivity index (χ3v) is 15.5.